The van der Waals surface area contributed by atoms with Crippen LogP contribution in [0.4, 0.5) is 0 Å². The molecule has 0 saturated carbocycles. The van der Waals surface area contributed by atoms with Gasteiger partial charge in [-0.2, -0.15) is 8.42 Å². The first kappa shape index (κ1) is 10.6. The van der Waals surface area contributed by atoms with Crippen LogP contribution in [0.3, 0.4) is 0 Å². The Morgan fingerprint density at radius 1 is 1.50 bits per heavy atom. The van der Waals surface area contributed by atoms with Crippen LogP contribution >= 0.6 is 0 Å². The first-order chi connectivity index (χ1) is 6.45. The van der Waals surface area contributed by atoms with Gasteiger partial charge in [-0.15, -0.1) is 0 Å². The molecule has 0 bridgehead atoms. The summed E-state index contributed by atoms with van der Waals surface area (Å²) in [6.07, 6.45) is 6.72. The Kier molecular flexibility index (Phi) is 2.79. The number of aryl methyl sites for hydroxylation is 1. The van der Waals surface area contributed by atoms with E-state index in [2.05, 4.69) is 4.74 Å². The molecule has 14 heavy (non-hydrogen) atoms. The molecule has 1 aromatic carbocycles. The largest absolute Gasteiger partial charge is 0.406 e. The topological polar surface area (TPSA) is 63.6 Å². The molecule has 0 heterocycles. The van der Waals surface area contributed by atoms with Gasteiger partial charge in [0.25, 0.3) is 10.1 Å². The van der Waals surface area contributed by atoms with Crippen molar-refractivity contribution in [3.05, 3.63) is 23.8 Å². The van der Waals surface area contributed by atoms with Gasteiger partial charge in [0, 0.05) is 0 Å². The van der Waals surface area contributed by atoms with E-state index in [4.69, 9.17) is 11.0 Å². The molecule has 0 saturated heterocycles. The van der Waals surface area contributed by atoms with Crippen molar-refractivity contribution < 1.29 is 17.7 Å². The fourth-order valence-electron chi connectivity index (χ4n) is 0.972. The van der Waals surface area contributed by atoms with Crippen LogP contribution in [-0.2, 0) is 10.1 Å². The zero-order valence-corrected chi connectivity index (χ0v) is 8.21. The van der Waals surface area contributed by atoms with Crippen molar-refractivity contribution in [3.8, 4) is 18.3 Å². The van der Waals surface area contributed by atoms with Crippen molar-refractivity contribution in [2.75, 3.05) is 0 Å². The standard InChI is InChI=1S/C9H8O4S/c1-3-13-8-6-7(2)4-5-9(8)14(10,11)12/h1,4-6H,2H3,(H,10,11,12). The molecule has 0 unspecified atom stereocenters. The lowest BCUT2D eigenvalue weighted by Gasteiger charge is -2.04. The third-order valence-corrected chi connectivity index (χ3v) is 2.44. The second-order valence-corrected chi connectivity index (χ2v) is 4.04. The molecule has 4 nitrogen and oxygen atoms in total. The Morgan fingerprint density at radius 2 is 2.14 bits per heavy atom. The van der Waals surface area contributed by atoms with E-state index in [-0.39, 0.29) is 10.6 Å². The molecule has 0 aliphatic rings. The molecule has 1 N–H and O–H groups in total. The maximum atomic E-state index is 10.8. The van der Waals surface area contributed by atoms with Crippen LogP contribution in [0, 0.1) is 19.5 Å². The van der Waals surface area contributed by atoms with Crippen molar-refractivity contribution in [2.24, 2.45) is 0 Å². The summed E-state index contributed by atoms with van der Waals surface area (Å²) < 4.78 is 35.1. The van der Waals surface area contributed by atoms with Gasteiger partial charge in [-0.05, 0) is 24.6 Å². The Bertz CT molecular complexity index is 482. The van der Waals surface area contributed by atoms with Crippen LogP contribution < -0.4 is 4.74 Å². The highest BCUT2D eigenvalue weighted by molar-refractivity contribution is 7.86. The second-order valence-electron chi connectivity index (χ2n) is 2.65. The van der Waals surface area contributed by atoms with Gasteiger partial charge in [0.15, 0.2) is 5.75 Å². The SMILES string of the molecule is C#COc1cc(C)ccc1S(=O)(=O)O. The molecule has 1 aromatic rings. The van der Waals surface area contributed by atoms with E-state index >= 15 is 0 Å². The number of ether oxygens (including phenoxy) is 1. The molecular formula is C9H8O4S. The third-order valence-electron chi connectivity index (χ3n) is 1.55. The highest BCUT2D eigenvalue weighted by Gasteiger charge is 2.16. The minimum absolute atomic E-state index is 0.0463. The quantitative estimate of drug-likeness (QED) is 0.591. The monoisotopic (exact) mass is 212 g/mol. The fourth-order valence-corrected chi connectivity index (χ4v) is 1.57. The smallest absolute Gasteiger partial charge is 0.298 e. The number of hydrogen-bond donors (Lipinski definition) is 1. The molecule has 74 valence electrons. The summed E-state index contributed by atoms with van der Waals surface area (Å²) in [6.45, 7) is 1.75. The molecule has 5 heteroatoms. The lowest BCUT2D eigenvalue weighted by atomic mass is 10.2. The molecule has 0 atom stereocenters. The van der Waals surface area contributed by atoms with Gasteiger partial charge < -0.3 is 4.74 Å². The molecule has 0 spiro atoms. The molecule has 0 aliphatic carbocycles. The third kappa shape index (κ3) is 2.25. The summed E-state index contributed by atoms with van der Waals surface area (Å²) in [6, 6.07) is 4.20. The van der Waals surface area contributed by atoms with Crippen LogP contribution in [0.5, 0.6) is 5.75 Å². The Hall–Kier alpha value is -1.51. The minimum Gasteiger partial charge on any atom is -0.406 e. The average molecular weight is 212 g/mol. The fraction of sp³-hybridized carbons (Fsp3) is 0.111. The predicted octanol–water partition coefficient (Wildman–Crippen LogP) is 1.21. The highest BCUT2D eigenvalue weighted by Crippen LogP contribution is 2.24. The van der Waals surface area contributed by atoms with E-state index in [0.29, 0.717) is 0 Å². The summed E-state index contributed by atoms with van der Waals surface area (Å²) in [5, 5.41) is 0. The van der Waals surface area contributed by atoms with Crippen LogP contribution in [-0.4, -0.2) is 13.0 Å². The molecule has 0 amide bonds. The number of terminal acetylenes is 1. The maximum absolute atomic E-state index is 10.8. The zero-order valence-electron chi connectivity index (χ0n) is 7.39. The van der Waals surface area contributed by atoms with Gasteiger partial charge in [-0.3, -0.25) is 4.55 Å². The molecule has 0 fully saturated rings. The predicted molar refractivity (Wildman–Crippen MR) is 50.5 cm³/mol. The van der Waals surface area contributed by atoms with E-state index in [1.54, 1.807) is 6.92 Å². The van der Waals surface area contributed by atoms with Crippen LogP contribution in [0.25, 0.3) is 0 Å². The van der Waals surface area contributed by atoms with Crippen LogP contribution in [0.2, 0.25) is 0 Å². The van der Waals surface area contributed by atoms with Crippen molar-refractivity contribution in [1.82, 2.24) is 0 Å². The molecule has 1 rings (SSSR count). The Labute approximate surface area is 82.3 Å². The van der Waals surface area contributed by atoms with E-state index in [1.807, 2.05) is 6.11 Å². The summed E-state index contributed by atoms with van der Waals surface area (Å²) in [4.78, 5) is -0.332. The molecule has 0 radical (unpaired) electrons. The Balaban J connectivity index is 3.38. The first-order valence-corrected chi connectivity index (χ1v) is 5.10. The van der Waals surface area contributed by atoms with Gasteiger partial charge in [-0.25, -0.2) is 0 Å². The summed E-state index contributed by atoms with van der Waals surface area (Å²) in [5.41, 5.74) is 0.780. The van der Waals surface area contributed by atoms with Crippen molar-refractivity contribution in [2.45, 2.75) is 11.8 Å². The number of rotatable bonds is 2. The van der Waals surface area contributed by atoms with Crippen LogP contribution in [0.15, 0.2) is 23.1 Å². The Morgan fingerprint density at radius 3 is 2.64 bits per heavy atom. The van der Waals surface area contributed by atoms with Crippen molar-refractivity contribution in [1.29, 1.82) is 0 Å². The van der Waals surface area contributed by atoms with E-state index in [9.17, 15) is 8.42 Å². The lowest BCUT2D eigenvalue weighted by molar-refractivity contribution is 0.465. The van der Waals surface area contributed by atoms with Crippen LogP contribution in [0.1, 0.15) is 5.56 Å². The zero-order chi connectivity index (χ0) is 10.8. The summed E-state index contributed by atoms with van der Waals surface area (Å²) in [5.74, 6) is -0.0463. The molecule has 0 aliphatic heterocycles. The van der Waals surface area contributed by atoms with Gasteiger partial charge >= 0.3 is 0 Å². The highest BCUT2D eigenvalue weighted by atomic mass is 32.2. The van der Waals surface area contributed by atoms with Gasteiger partial charge in [0.2, 0.25) is 0 Å². The number of hydrogen-bond acceptors (Lipinski definition) is 3. The van der Waals surface area contributed by atoms with Gasteiger partial charge in [-0.1, -0.05) is 12.5 Å². The first-order valence-electron chi connectivity index (χ1n) is 3.65. The second kappa shape index (κ2) is 3.70. The average Bonchev–Trinajstić information content (AvgIpc) is 2.02. The number of benzene rings is 1. The van der Waals surface area contributed by atoms with Crippen molar-refractivity contribution in [3.63, 3.8) is 0 Å². The molecular weight excluding hydrogens is 204 g/mol. The minimum atomic E-state index is -4.29. The summed E-state index contributed by atoms with van der Waals surface area (Å²) in [7, 11) is -4.29. The maximum Gasteiger partial charge on any atom is 0.298 e. The van der Waals surface area contributed by atoms with Crippen molar-refractivity contribution >= 4 is 10.1 Å². The van der Waals surface area contributed by atoms with E-state index in [0.717, 1.165) is 5.56 Å². The lowest BCUT2D eigenvalue weighted by Crippen LogP contribution is -2.01. The van der Waals surface area contributed by atoms with E-state index < -0.39 is 10.1 Å². The normalized spacial score (nSPS) is 10.6. The summed E-state index contributed by atoms with van der Waals surface area (Å²) >= 11 is 0. The molecule has 0 aromatic heterocycles. The van der Waals surface area contributed by atoms with Gasteiger partial charge in [0.1, 0.15) is 11.0 Å². The van der Waals surface area contributed by atoms with Gasteiger partial charge in [0.05, 0.1) is 0 Å². The van der Waals surface area contributed by atoms with E-state index in [1.165, 1.54) is 18.2 Å².